The van der Waals surface area contributed by atoms with Gasteiger partial charge in [0.25, 0.3) is 5.91 Å². The highest BCUT2D eigenvalue weighted by Crippen LogP contribution is 2.34. The van der Waals surface area contributed by atoms with Gasteiger partial charge >= 0.3 is 0 Å². The number of fused-ring (bicyclic) bond motifs is 1. The van der Waals surface area contributed by atoms with Gasteiger partial charge in [-0.05, 0) is 30.7 Å². The molecule has 2 N–H and O–H groups in total. The monoisotopic (exact) mass is 471 g/mol. The minimum atomic E-state index is -0.254. The number of hydrogen-bond acceptors (Lipinski definition) is 7. The molecule has 0 saturated heterocycles. The molecule has 2 aromatic heterocycles. The largest absolute Gasteiger partial charge is 0.454 e. The van der Waals surface area contributed by atoms with Gasteiger partial charge in [-0.2, -0.15) is 4.98 Å². The lowest BCUT2D eigenvalue weighted by atomic mass is 10.1. The molecule has 35 heavy (non-hydrogen) atoms. The average Bonchev–Trinajstić information content (AvgIpc) is 3.55. The van der Waals surface area contributed by atoms with Gasteiger partial charge in [0.1, 0.15) is 5.82 Å². The molecule has 1 amide bonds. The molecule has 1 atom stereocenters. The standard InChI is InChI=1S/C26H25N5O4/c1-17-13-27-26(28-20-8-9-22-23(12-20)35-16-34-22)30-24(17)31-11-10-19(14-31)25(32)29-21(15-33-2)18-6-4-3-5-7-18/h3-14,21H,15-16H2,1-2H3,(H,29,32)(H,27,28,30)/t21-/m1/s1. The predicted molar refractivity (Wildman–Crippen MR) is 130 cm³/mol. The average molecular weight is 472 g/mol. The number of ether oxygens (including phenoxy) is 3. The Kier molecular flexibility index (Phi) is 6.32. The molecule has 5 rings (SSSR count). The van der Waals surface area contributed by atoms with Crippen LogP contribution in [0.5, 0.6) is 11.5 Å². The first-order valence-electron chi connectivity index (χ1n) is 11.1. The number of aromatic nitrogens is 3. The van der Waals surface area contributed by atoms with Crippen molar-refractivity contribution in [2.45, 2.75) is 13.0 Å². The summed E-state index contributed by atoms with van der Waals surface area (Å²) in [5.74, 6) is 2.28. The lowest BCUT2D eigenvalue weighted by molar-refractivity contribution is 0.0896. The van der Waals surface area contributed by atoms with E-state index in [1.54, 1.807) is 25.6 Å². The zero-order chi connectivity index (χ0) is 24.2. The molecule has 2 aromatic carbocycles. The van der Waals surface area contributed by atoms with Crippen molar-refractivity contribution >= 4 is 17.5 Å². The minimum Gasteiger partial charge on any atom is -0.454 e. The number of hydrogen-bond donors (Lipinski definition) is 2. The van der Waals surface area contributed by atoms with Crippen LogP contribution in [0.25, 0.3) is 5.82 Å². The Hall–Kier alpha value is -4.37. The first-order chi connectivity index (χ1) is 17.1. The molecule has 0 saturated carbocycles. The second kappa shape index (κ2) is 9.86. The second-order valence-electron chi connectivity index (χ2n) is 8.09. The van der Waals surface area contributed by atoms with Crippen LogP contribution in [-0.2, 0) is 4.74 Å². The van der Waals surface area contributed by atoms with Crippen LogP contribution in [0.15, 0.2) is 73.2 Å². The van der Waals surface area contributed by atoms with E-state index < -0.39 is 0 Å². The van der Waals surface area contributed by atoms with E-state index in [0.29, 0.717) is 35.4 Å². The molecule has 178 valence electrons. The molecule has 1 aliphatic rings. The molecular weight excluding hydrogens is 446 g/mol. The summed E-state index contributed by atoms with van der Waals surface area (Å²) >= 11 is 0. The fraction of sp³-hybridized carbons (Fsp3) is 0.192. The second-order valence-corrected chi connectivity index (χ2v) is 8.09. The zero-order valence-electron chi connectivity index (χ0n) is 19.4. The number of nitrogens with one attached hydrogen (secondary N) is 2. The topological polar surface area (TPSA) is 99.5 Å². The molecule has 1 aliphatic heterocycles. The van der Waals surface area contributed by atoms with Crippen LogP contribution in [0.1, 0.15) is 27.5 Å². The van der Waals surface area contributed by atoms with Crippen molar-refractivity contribution in [2.24, 2.45) is 0 Å². The number of methoxy groups -OCH3 is 1. The van der Waals surface area contributed by atoms with E-state index in [9.17, 15) is 4.79 Å². The van der Waals surface area contributed by atoms with Crippen molar-refractivity contribution in [2.75, 3.05) is 25.8 Å². The maximum absolute atomic E-state index is 13.0. The molecule has 4 aromatic rings. The lowest BCUT2D eigenvalue weighted by Gasteiger charge is -2.18. The number of nitrogens with zero attached hydrogens (tertiary/aromatic N) is 3. The number of carbonyl (C=O) groups excluding carboxylic acids is 1. The van der Waals surface area contributed by atoms with E-state index in [4.69, 9.17) is 14.2 Å². The van der Waals surface area contributed by atoms with E-state index in [0.717, 1.165) is 16.8 Å². The molecule has 0 aliphatic carbocycles. The summed E-state index contributed by atoms with van der Waals surface area (Å²) < 4.78 is 17.9. The van der Waals surface area contributed by atoms with Gasteiger partial charge in [-0.3, -0.25) is 4.79 Å². The third kappa shape index (κ3) is 4.95. The summed E-state index contributed by atoms with van der Waals surface area (Å²) in [5, 5.41) is 6.24. The fourth-order valence-electron chi connectivity index (χ4n) is 3.84. The SMILES string of the molecule is COC[C@@H](NC(=O)c1ccn(-c2nc(Nc3ccc4c(c3)OCO4)ncc2C)c1)c1ccccc1. The highest BCUT2D eigenvalue weighted by atomic mass is 16.7. The quantitative estimate of drug-likeness (QED) is 0.398. The van der Waals surface area contributed by atoms with Gasteiger partial charge < -0.3 is 29.4 Å². The van der Waals surface area contributed by atoms with Crippen molar-refractivity contribution in [3.05, 3.63) is 89.9 Å². The van der Waals surface area contributed by atoms with Gasteiger partial charge in [0.15, 0.2) is 11.5 Å². The van der Waals surface area contributed by atoms with E-state index in [1.165, 1.54) is 0 Å². The number of aryl methyl sites for hydroxylation is 1. The normalized spacial score (nSPS) is 12.9. The fourth-order valence-corrected chi connectivity index (χ4v) is 3.84. The maximum Gasteiger partial charge on any atom is 0.253 e. The number of anilines is 2. The third-order valence-corrected chi connectivity index (χ3v) is 5.61. The van der Waals surface area contributed by atoms with Gasteiger partial charge in [0, 0.05) is 43.0 Å². The van der Waals surface area contributed by atoms with Gasteiger partial charge in [-0.25, -0.2) is 4.98 Å². The molecule has 0 fully saturated rings. The van der Waals surface area contributed by atoms with Crippen LogP contribution in [0.2, 0.25) is 0 Å². The van der Waals surface area contributed by atoms with Crippen molar-refractivity contribution in [1.29, 1.82) is 0 Å². The van der Waals surface area contributed by atoms with Crippen LogP contribution in [0, 0.1) is 6.92 Å². The molecule has 0 unspecified atom stereocenters. The summed E-state index contributed by atoms with van der Waals surface area (Å²) in [6, 6.07) is 16.8. The van der Waals surface area contributed by atoms with E-state index in [1.807, 2.05) is 66.2 Å². The molecule has 0 radical (unpaired) electrons. The van der Waals surface area contributed by atoms with Crippen molar-refractivity contribution in [1.82, 2.24) is 19.9 Å². The van der Waals surface area contributed by atoms with Gasteiger partial charge in [-0.15, -0.1) is 0 Å². The van der Waals surface area contributed by atoms with Gasteiger partial charge in [-0.1, -0.05) is 30.3 Å². The van der Waals surface area contributed by atoms with E-state index >= 15 is 0 Å². The summed E-state index contributed by atoms with van der Waals surface area (Å²) in [6.07, 6.45) is 5.30. The van der Waals surface area contributed by atoms with Crippen LogP contribution in [0.3, 0.4) is 0 Å². The van der Waals surface area contributed by atoms with Crippen LogP contribution >= 0.6 is 0 Å². The summed E-state index contributed by atoms with van der Waals surface area (Å²) in [7, 11) is 1.62. The molecule has 0 bridgehead atoms. The van der Waals surface area contributed by atoms with Crippen molar-refractivity contribution < 1.29 is 19.0 Å². The lowest BCUT2D eigenvalue weighted by Crippen LogP contribution is -2.31. The predicted octanol–water partition coefficient (Wildman–Crippen LogP) is 4.17. The Bertz CT molecular complexity index is 1340. The number of amides is 1. The van der Waals surface area contributed by atoms with Gasteiger partial charge in [0.2, 0.25) is 12.7 Å². The zero-order valence-corrected chi connectivity index (χ0v) is 19.4. The number of rotatable bonds is 8. The Morgan fingerprint density at radius 3 is 2.80 bits per heavy atom. The van der Waals surface area contributed by atoms with E-state index in [2.05, 4.69) is 20.6 Å². The van der Waals surface area contributed by atoms with Crippen LogP contribution in [-0.4, -0.2) is 41.0 Å². The number of carbonyl (C=O) groups is 1. The highest BCUT2D eigenvalue weighted by Gasteiger charge is 2.18. The molecule has 9 heteroatoms. The minimum absolute atomic E-state index is 0.194. The van der Waals surface area contributed by atoms with Crippen molar-refractivity contribution in [3.63, 3.8) is 0 Å². The molecule has 3 heterocycles. The Morgan fingerprint density at radius 2 is 1.97 bits per heavy atom. The number of benzene rings is 2. The van der Waals surface area contributed by atoms with Crippen LogP contribution in [0.4, 0.5) is 11.6 Å². The van der Waals surface area contributed by atoms with E-state index in [-0.39, 0.29) is 18.7 Å². The smallest absolute Gasteiger partial charge is 0.253 e. The third-order valence-electron chi connectivity index (χ3n) is 5.61. The molecule has 0 spiro atoms. The van der Waals surface area contributed by atoms with Gasteiger partial charge in [0.05, 0.1) is 18.2 Å². The Labute approximate surface area is 202 Å². The highest BCUT2D eigenvalue weighted by molar-refractivity contribution is 5.94. The first kappa shape index (κ1) is 22.4. The Balaban J connectivity index is 1.33. The maximum atomic E-state index is 13.0. The van der Waals surface area contributed by atoms with Crippen molar-refractivity contribution in [3.8, 4) is 17.3 Å². The first-order valence-corrected chi connectivity index (χ1v) is 11.1. The molecular formula is C26H25N5O4. The summed E-state index contributed by atoms with van der Waals surface area (Å²) in [6.45, 7) is 2.50. The van der Waals surface area contributed by atoms with Crippen LogP contribution < -0.4 is 20.1 Å². The Morgan fingerprint density at radius 1 is 1.14 bits per heavy atom. The molecule has 9 nitrogen and oxygen atoms in total. The summed E-state index contributed by atoms with van der Waals surface area (Å²) in [4.78, 5) is 22.0. The summed E-state index contributed by atoms with van der Waals surface area (Å²) in [5.41, 5.74) is 3.14.